The number of likely N-dealkylation sites (tertiary alicyclic amines) is 1. The molecule has 1 heterocycles. The van der Waals surface area contributed by atoms with Crippen LogP contribution in [0.3, 0.4) is 0 Å². The molecule has 1 unspecified atom stereocenters. The third-order valence-corrected chi connectivity index (χ3v) is 3.21. The molecule has 0 aromatic heterocycles. The summed E-state index contributed by atoms with van der Waals surface area (Å²) >= 11 is 0. The van der Waals surface area contributed by atoms with Crippen LogP contribution in [0.5, 0.6) is 5.75 Å². The van der Waals surface area contributed by atoms with E-state index in [1.165, 1.54) is 0 Å². The summed E-state index contributed by atoms with van der Waals surface area (Å²) in [6, 6.07) is 7.50. The first-order chi connectivity index (χ1) is 9.13. The molecule has 19 heavy (non-hydrogen) atoms. The fraction of sp³-hybridized carbons (Fsp3) is 0.500. The number of likely N-dealkylation sites (N-methyl/N-ethyl adjacent to an activating group) is 1. The van der Waals surface area contributed by atoms with E-state index in [2.05, 4.69) is 17.3 Å². The van der Waals surface area contributed by atoms with Crippen LogP contribution in [0.15, 0.2) is 24.3 Å². The molecule has 5 nitrogen and oxygen atoms in total. The quantitative estimate of drug-likeness (QED) is 0.773. The molecule has 5 heteroatoms. The number of anilines is 1. The van der Waals surface area contributed by atoms with Gasteiger partial charge in [-0.05, 0) is 32.1 Å². The van der Waals surface area contributed by atoms with Crippen molar-refractivity contribution in [3.63, 3.8) is 0 Å². The summed E-state index contributed by atoms with van der Waals surface area (Å²) < 4.78 is 5.49. The van der Waals surface area contributed by atoms with Crippen LogP contribution < -0.4 is 15.8 Å². The number of nitrogen functional groups attached to an aromatic ring is 1. The number of nitrogens with zero attached hydrogens (tertiary/aromatic N) is 1. The van der Waals surface area contributed by atoms with Crippen molar-refractivity contribution in [2.24, 2.45) is 0 Å². The number of ether oxygens (including phenoxy) is 1. The maximum atomic E-state index is 11.7. The van der Waals surface area contributed by atoms with Crippen molar-refractivity contribution in [2.75, 3.05) is 32.5 Å². The van der Waals surface area contributed by atoms with Crippen LogP contribution in [-0.2, 0) is 4.79 Å². The molecule has 0 aliphatic carbocycles. The smallest absolute Gasteiger partial charge is 0.223 e. The van der Waals surface area contributed by atoms with Crippen LogP contribution >= 0.6 is 0 Å². The van der Waals surface area contributed by atoms with Crippen LogP contribution in [0.4, 0.5) is 5.69 Å². The van der Waals surface area contributed by atoms with Gasteiger partial charge in [0, 0.05) is 24.3 Å². The average Bonchev–Trinajstić information content (AvgIpc) is 2.75. The number of nitrogens with one attached hydrogen (secondary N) is 1. The molecule has 1 saturated heterocycles. The summed E-state index contributed by atoms with van der Waals surface area (Å²) in [5, 5.41) is 3.02. The number of benzene rings is 1. The lowest BCUT2D eigenvalue weighted by molar-refractivity contribution is -0.122. The predicted octanol–water partition coefficient (Wildman–Crippen LogP) is 0.858. The lowest BCUT2D eigenvalue weighted by atomic mass is 10.2. The number of amides is 1. The molecule has 1 aliphatic heterocycles. The van der Waals surface area contributed by atoms with Gasteiger partial charge in [0.15, 0.2) is 0 Å². The highest BCUT2D eigenvalue weighted by Gasteiger charge is 2.20. The van der Waals surface area contributed by atoms with E-state index in [-0.39, 0.29) is 11.9 Å². The Morgan fingerprint density at radius 2 is 2.42 bits per heavy atom. The third kappa shape index (κ3) is 4.44. The van der Waals surface area contributed by atoms with Crippen molar-refractivity contribution in [3.05, 3.63) is 24.3 Å². The first-order valence-electron chi connectivity index (χ1n) is 6.60. The van der Waals surface area contributed by atoms with Gasteiger partial charge < -0.3 is 20.7 Å². The standard InChI is InChI=1S/C14H21N3O2/c1-17-7-5-12(10-17)16-14(18)6-8-19-13-4-2-3-11(15)9-13/h2-4,9,12H,5-8,10,15H2,1H3,(H,16,18). The normalized spacial score (nSPS) is 19.3. The number of hydrogen-bond acceptors (Lipinski definition) is 4. The molecular formula is C14H21N3O2. The molecule has 0 radical (unpaired) electrons. The Labute approximate surface area is 113 Å². The van der Waals surface area contributed by atoms with Crippen LogP contribution in [0, 0.1) is 0 Å². The van der Waals surface area contributed by atoms with Gasteiger partial charge in [-0.25, -0.2) is 0 Å². The summed E-state index contributed by atoms with van der Waals surface area (Å²) in [6.45, 7) is 2.35. The van der Waals surface area contributed by atoms with Gasteiger partial charge >= 0.3 is 0 Å². The Morgan fingerprint density at radius 3 is 3.11 bits per heavy atom. The summed E-state index contributed by atoms with van der Waals surface area (Å²) in [6.07, 6.45) is 1.40. The number of hydrogen-bond donors (Lipinski definition) is 2. The van der Waals surface area contributed by atoms with Crippen molar-refractivity contribution in [1.29, 1.82) is 0 Å². The fourth-order valence-corrected chi connectivity index (χ4v) is 2.22. The van der Waals surface area contributed by atoms with Gasteiger partial charge in [0.05, 0.1) is 13.0 Å². The highest BCUT2D eigenvalue weighted by molar-refractivity contribution is 5.76. The van der Waals surface area contributed by atoms with E-state index in [1.54, 1.807) is 12.1 Å². The Kier molecular flexibility index (Phi) is 4.63. The molecule has 0 bridgehead atoms. The Bertz CT molecular complexity index is 436. The largest absolute Gasteiger partial charge is 0.493 e. The molecule has 0 spiro atoms. The van der Waals surface area contributed by atoms with Crippen LogP contribution in [0.2, 0.25) is 0 Å². The second-order valence-corrected chi connectivity index (χ2v) is 4.99. The first-order valence-corrected chi connectivity index (χ1v) is 6.60. The number of carbonyl (C=O) groups excluding carboxylic acids is 1. The Balaban J connectivity index is 1.66. The summed E-state index contributed by atoms with van der Waals surface area (Å²) in [5.41, 5.74) is 6.31. The fourth-order valence-electron chi connectivity index (χ4n) is 2.22. The van der Waals surface area contributed by atoms with Crippen LogP contribution in [-0.4, -0.2) is 43.6 Å². The average molecular weight is 263 g/mol. The second kappa shape index (κ2) is 6.43. The van der Waals surface area contributed by atoms with Gasteiger partial charge in [0.25, 0.3) is 0 Å². The molecule has 1 amide bonds. The Morgan fingerprint density at radius 1 is 1.58 bits per heavy atom. The molecule has 1 aromatic carbocycles. The molecule has 1 atom stereocenters. The zero-order valence-corrected chi connectivity index (χ0v) is 11.3. The lowest BCUT2D eigenvalue weighted by Gasteiger charge is -2.13. The molecule has 1 aromatic rings. The highest BCUT2D eigenvalue weighted by Crippen LogP contribution is 2.14. The monoisotopic (exact) mass is 263 g/mol. The van der Waals surface area contributed by atoms with E-state index in [1.807, 2.05) is 12.1 Å². The van der Waals surface area contributed by atoms with Gasteiger partial charge in [0.1, 0.15) is 5.75 Å². The van der Waals surface area contributed by atoms with Crippen molar-refractivity contribution >= 4 is 11.6 Å². The summed E-state index contributed by atoms with van der Waals surface area (Å²) in [7, 11) is 2.06. The van der Waals surface area contributed by atoms with Gasteiger partial charge in [-0.2, -0.15) is 0 Å². The number of rotatable bonds is 5. The third-order valence-electron chi connectivity index (χ3n) is 3.21. The van der Waals surface area contributed by atoms with Crippen molar-refractivity contribution in [1.82, 2.24) is 10.2 Å². The van der Waals surface area contributed by atoms with E-state index >= 15 is 0 Å². The SMILES string of the molecule is CN1CCC(NC(=O)CCOc2cccc(N)c2)C1. The highest BCUT2D eigenvalue weighted by atomic mass is 16.5. The minimum atomic E-state index is 0.0456. The maximum Gasteiger partial charge on any atom is 0.223 e. The van der Waals surface area contributed by atoms with Crippen LogP contribution in [0.25, 0.3) is 0 Å². The summed E-state index contributed by atoms with van der Waals surface area (Å²) in [4.78, 5) is 13.9. The number of nitrogens with two attached hydrogens (primary N) is 1. The van der Waals surface area contributed by atoms with E-state index < -0.39 is 0 Å². The lowest BCUT2D eigenvalue weighted by Crippen LogP contribution is -2.37. The van der Waals surface area contributed by atoms with Crippen molar-refractivity contribution < 1.29 is 9.53 Å². The van der Waals surface area contributed by atoms with Crippen molar-refractivity contribution in [3.8, 4) is 5.75 Å². The first kappa shape index (κ1) is 13.7. The van der Waals surface area contributed by atoms with Crippen molar-refractivity contribution in [2.45, 2.75) is 18.9 Å². The maximum absolute atomic E-state index is 11.7. The molecule has 104 valence electrons. The molecule has 0 saturated carbocycles. The molecule has 2 rings (SSSR count). The topological polar surface area (TPSA) is 67.6 Å². The number of carbonyl (C=O) groups is 1. The van der Waals surface area contributed by atoms with E-state index in [0.29, 0.717) is 24.5 Å². The zero-order valence-electron chi connectivity index (χ0n) is 11.3. The van der Waals surface area contributed by atoms with E-state index in [0.717, 1.165) is 19.5 Å². The Hall–Kier alpha value is -1.75. The summed E-state index contributed by atoms with van der Waals surface area (Å²) in [5.74, 6) is 0.748. The van der Waals surface area contributed by atoms with Gasteiger partial charge in [0.2, 0.25) is 5.91 Å². The van der Waals surface area contributed by atoms with Gasteiger partial charge in [-0.3, -0.25) is 4.79 Å². The predicted molar refractivity (Wildman–Crippen MR) is 75.0 cm³/mol. The minimum absolute atomic E-state index is 0.0456. The molecular weight excluding hydrogens is 242 g/mol. The molecule has 1 aliphatic rings. The van der Waals surface area contributed by atoms with Gasteiger partial charge in [-0.15, -0.1) is 0 Å². The van der Waals surface area contributed by atoms with E-state index in [4.69, 9.17) is 10.5 Å². The molecule has 3 N–H and O–H groups in total. The minimum Gasteiger partial charge on any atom is -0.493 e. The molecule has 1 fully saturated rings. The van der Waals surface area contributed by atoms with E-state index in [9.17, 15) is 4.79 Å². The second-order valence-electron chi connectivity index (χ2n) is 4.99. The zero-order chi connectivity index (χ0) is 13.7. The van der Waals surface area contributed by atoms with Gasteiger partial charge in [-0.1, -0.05) is 6.07 Å². The van der Waals surface area contributed by atoms with Crippen LogP contribution in [0.1, 0.15) is 12.8 Å².